The molecule has 0 aliphatic carbocycles. The van der Waals surface area contributed by atoms with Crippen LogP contribution in [0.15, 0.2) is 11.6 Å². The van der Waals surface area contributed by atoms with Gasteiger partial charge in [-0.2, -0.15) is 0 Å². The fourth-order valence-corrected chi connectivity index (χ4v) is 4.00. The first-order chi connectivity index (χ1) is 14.4. The summed E-state index contributed by atoms with van der Waals surface area (Å²) in [6.07, 6.45) is 4.80. The van der Waals surface area contributed by atoms with Crippen molar-refractivity contribution in [3.8, 4) is 0 Å². The molecule has 1 rings (SSSR count). The van der Waals surface area contributed by atoms with E-state index in [1.807, 2.05) is 54.7 Å². The molecule has 1 aliphatic heterocycles. The van der Waals surface area contributed by atoms with Crippen molar-refractivity contribution in [3.63, 3.8) is 0 Å². The van der Waals surface area contributed by atoms with Gasteiger partial charge in [0.2, 0.25) is 17.7 Å². The summed E-state index contributed by atoms with van der Waals surface area (Å²) in [7, 11) is 3.72. The Morgan fingerprint density at radius 1 is 1.00 bits per heavy atom. The summed E-state index contributed by atoms with van der Waals surface area (Å²) in [5, 5.41) is 5.91. The van der Waals surface area contributed by atoms with Gasteiger partial charge in [-0.25, -0.2) is 0 Å². The summed E-state index contributed by atoms with van der Waals surface area (Å²) < 4.78 is 0. The van der Waals surface area contributed by atoms with Crippen LogP contribution < -0.4 is 10.6 Å². The van der Waals surface area contributed by atoms with E-state index in [4.69, 9.17) is 0 Å². The summed E-state index contributed by atoms with van der Waals surface area (Å²) in [4.78, 5) is 42.5. The van der Waals surface area contributed by atoms with Gasteiger partial charge in [0.15, 0.2) is 0 Å². The van der Waals surface area contributed by atoms with Crippen LogP contribution >= 0.6 is 0 Å². The SMILES string of the molecule is CC(=C[C@H](C(C)C)N(C)C(=O)[C@@H](NC(=O)C1CCCCN1C)C(C)C)C(=O)NC(C)C. The molecule has 1 saturated heterocycles. The molecule has 0 radical (unpaired) electrons. The fraction of sp³-hybridized carbons (Fsp3) is 0.792. The molecule has 7 nitrogen and oxygen atoms in total. The number of carbonyl (C=O) groups is 3. The molecule has 1 unspecified atom stereocenters. The van der Waals surface area contributed by atoms with Crippen molar-refractivity contribution in [2.75, 3.05) is 20.6 Å². The maximum atomic E-state index is 13.4. The normalized spacial score (nSPS) is 20.0. The maximum absolute atomic E-state index is 13.4. The van der Waals surface area contributed by atoms with Crippen molar-refractivity contribution in [1.82, 2.24) is 20.4 Å². The molecule has 3 atom stereocenters. The number of carbonyl (C=O) groups excluding carboxylic acids is 3. The lowest BCUT2D eigenvalue weighted by molar-refractivity contribution is -0.139. The maximum Gasteiger partial charge on any atom is 0.246 e. The molecule has 7 heteroatoms. The van der Waals surface area contributed by atoms with Crippen LogP contribution in [-0.4, -0.2) is 72.3 Å². The summed E-state index contributed by atoms with van der Waals surface area (Å²) in [6.45, 7) is 14.5. The second-order valence-corrected chi connectivity index (χ2v) is 9.88. The third-order valence-corrected chi connectivity index (χ3v) is 5.98. The lowest BCUT2D eigenvalue weighted by Gasteiger charge is -2.36. The molecule has 0 aromatic carbocycles. The van der Waals surface area contributed by atoms with Crippen molar-refractivity contribution >= 4 is 17.7 Å². The number of rotatable bonds is 9. The Balaban J connectivity index is 3.01. The van der Waals surface area contributed by atoms with E-state index in [2.05, 4.69) is 15.5 Å². The minimum Gasteiger partial charge on any atom is -0.350 e. The van der Waals surface area contributed by atoms with Gasteiger partial charge < -0.3 is 15.5 Å². The second-order valence-electron chi connectivity index (χ2n) is 9.88. The first-order valence-electron chi connectivity index (χ1n) is 11.6. The van der Waals surface area contributed by atoms with Crippen LogP contribution in [0, 0.1) is 11.8 Å². The Bertz CT molecular complexity index is 657. The molecular formula is C24H44N4O3. The Morgan fingerprint density at radius 2 is 1.61 bits per heavy atom. The summed E-state index contributed by atoms with van der Waals surface area (Å²) in [5.41, 5.74) is 0.584. The van der Waals surface area contributed by atoms with E-state index >= 15 is 0 Å². The minimum atomic E-state index is -0.604. The minimum absolute atomic E-state index is 0.0464. The number of likely N-dealkylation sites (N-methyl/N-ethyl adjacent to an activating group) is 2. The Kier molecular flexibility index (Phi) is 10.7. The van der Waals surface area contributed by atoms with E-state index in [1.54, 1.807) is 18.9 Å². The molecule has 31 heavy (non-hydrogen) atoms. The second kappa shape index (κ2) is 12.2. The molecule has 0 spiro atoms. The quantitative estimate of drug-likeness (QED) is 0.544. The molecule has 0 saturated carbocycles. The first kappa shape index (κ1) is 27.1. The van der Waals surface area contributed by atoms with Gasteiger partial charge in [-0.05, 0) is 59.0 Å². The number of amides is 3. The third-order valence-electron chi connectivity index (χ3n) is 5.98. The molecular weight excluding hydrogens is 392 g/mol. The average Bonchev–Trinajstić information content (AvgIpc) is 2.68. The first-order valence-corrected chi connectivity index (χ1v) is 11.6. The van der Waals surface area contributed by atoms with Crippen LogP contribution in [0.1, 0.15) is 67.7 Å². The van der Waals surface area contributed by atoms with Gasteiger partial charge >= 0.3 is 0 Å². The highest BCUT2D eigenvalue weighted by atomic mass is 16.2. The van der Waals surface area contributed by atoms with Crippen LogP contribution in [0.3, 0.4) is 0 Å². The van der Waals surface area contributed by atoms with Crippen LogP contribution in [0.4, 0.5) is 0 Å². The van der Waals surface area contributed by atoms with E-state index in [1.165, 1.54) is 0 Å². The number of hydrogen-bond donors (Lipinski definition) is 2. The molecule has 1 heterocycles. The average molecular weight is 437 g/mol. The highest BCUT2D eigenvalue weighted by Gasteiger charge is 2.34. The van der Waals surface area contributed by atoms with Gasteiger partial charge in [0, 0.05) is 18.7 Å². The van der Waals surface area contributed by atoms with Gasteiger partial charge in [-0.3, -0.25) is 19.3 Å². The fourth-order valence-electron chi connectivity index (χ4n) is 4.00. The van der Waals surface area contributed by atoms with Crippen molar-refractivity contribution in [1.29, 1.82) is 0 Å². The molecule has 0 aromatic heterocycles. The van der Waals surface area contributed by atoms with Crippen LogP contribution in [0.5, 0.6) is 0 Å². The molecule has 3 amide bonds. The summed E-state index contributed by atoms with van der Waals surface area (Å²) in [6, 6.07) is -0.991. The zero-order valence-electron chi connectivity index (χ0n) is 21.0. The number of nitrogens with zero attached hydrogens (tertiary/aromatic N) is 2. The van der Waals surface area contributed by atoms with Crippen molar-refractivity contribution in [2.45, 2.75) is 91.9 Å². The number of likely N-dealkylation sites (tertiary alicyclic amines) is 1. The van der Waals surface area contributed by atoms with Gasteiger partial charge in [0.1, 0.15) is 6.04 Å². The highest BCUT2D eigenvalue weighted by Crippen LogP contribution is 2.19. The molecule has 1 aliphatic rings. The van der Waals surface area contributed by atoms with Crippen LogP contribution in [0.2, 0.25) is 0 Å². The van der Waals surface area contributed by atoms with Crippen molar-refractivity contribution in [2.24, 2.45) is 11.8 Å². The molecule has 2 N–H and O–H groups in total. The standard InChI is InChI=1S/C24H44N4O3/c1-15(2)20(14-18(7)22(29)25-17(5)6)28(9)24(31)21(16(3)4)26-23(30)19-12-10-11-13-27(19)8/h14-17,19-21H,10-13H2,1-9H3,(H,25,29)(H,26,30)/t19?,20-,21+/m1/s1. The van der Waals surface area contributed by atoms with Gasteiger partial charge in [-0.1, -0.05) is 40.2 Å². The molecule has 178 valence electrons. The lowest BCUT2D eigenvalue weighted by atomic mass is 9.96. The smallest absolute Gasteiger partial charge is 0.246 e. The van der Waals surface area contributed by atoms with Crippen LogP contribution in [0.25, 0.3) is 0 Å². The predicted octanol–water partition coefficient (Wildman–Crippen LogP) is 2.57. The van der Waals surface area contributed by atoms with Gasteiger partial charge in [-0.15, -0.1) is 0 Å². The van der Waals surface area contributed by atoms with E-state index < -0.39 is 6.04 Å². The number of nitrogens with one attached hydrogen (secondary N) is 2. The summed E-state index contributed by atoms with van der Waals surface area (Å²) in [5.74, 6) is -0.269. The van der Waals surface area contributed by atoms with E-state index in [-0.39, 0.29) is 47.7 Å². The third kappa shape index (κ3) is 7.95. The Labute approximate surface area is 189 Å². The lowest BCUT2D eigenvalue weighted by Crippen LogP contribution is -2.57. The predicted molar refractivity (Wildman–Crippen MR) is 125 cm³/mol. The van der Waals surface area contributed by atoms with Crippen molar-refractivity contribution in [3.05, 3.63) is 11.6 Å². The van der Waals surface area contributed by atoms with Gasteiger partial charge in [0.25, 0.3) is 0 Å². The molecule has 0 bridgehead atoms. The van der Waals surface area contributed by atoms with E-state index in [9.17, 15) is 14.4 Å². The van der Waals surface area contributed by atoms with Crippen molar-refractivity contribution < 1.29 is 14.4 Å². The van der Waals surface area contributed by atoms with E-state index in [0.717, 1.165) is 25.8 Å². The highest BCUT2D eigenvalue weighted by molar-refractivity contribution is 5.93. The number of piperidine rings is 1. The zero-order chi connectivity index (χ0) is 23.9. The van der Waals surface area contributed by atoms with E-state index in [0.29, 0.717) is 5.57 Å². The summed E-state index contributed by atoms with van der Waals surface area (Å²) >= 11 is 0. The molecule has 0 aromatic rings. The Morgan fingerprint density at radius 3 is 2.10 bits per heavy atom. The Hall–Kier alpha value is -1.89. The van der Waals surface area contributed by atoms with Crippen LogP contribution in [-0.2, 0) is 14.4 Å². The molecule has 1 fully saturated rings. The largest absolute Gasteiger partial charge is 0.350 e. The zero-order valence-corrected chi connectivity index (χ0v) is 21.0. The monoisotopic (exact) mass is 436 g/mol. The topological polar surface area (TPSA) is 81.8 Å². The van der Waals surface area contributed by atoms with Gasteiger partial charge in [0.05, 0.1) is 12.1 Å². The number of hydrogen-bond acceptors (Lipinski definition) is 4.